The molecule has 0 radical (unpaired) electrons. The normalized spacial score (nSPS) is 10.8. The average molecular weight is 572 g/mol. The first kappa shape index (κ1) is 27.5. The van der Waals surface area contributed by atoms with Crippen molar-refractivity contribution in [2.45, 2.75) is 6.61 Å². The van der Waals surface area contributed by atoms with Gasteiger partial charge in [0.2, 0.25) is 0 Å². The molecule has 9 nitrogen and oxygen atoms in total. The van der Waals surface area contributed by atoms with Gasteiger partial charge in [-0.1, -0.05) is 17.7 Å². The van der Waals surface area contributed by atoms with Crippen molar-refractivity contribution in [1.29, 1.82) is 0 Å². The molecule has 0 atom stereocenters. The fraction of sp³-hybridized carbons (Fsp3) is 0.129. The lowest BCUT2D eigenvalue weighted by atomic mass is 9.95. The number of methoxy groups -OCH3 is 3. The quantitative estimate of drug-likeness (QED) is 0.187. The Hall–Kier alpha value is -5.02. The molecule has 0 saturated heterocycles. The Morgan fingerprint density at radius 3 is 2.27 bits per heavy atom. The van der Waals surface area contributed by atoms with Crippen molar-refractivity contribution in [3.63, 3.8) is 0 Å². The summed E-state index contributed by atoms with van der Waals surface area (Å²) in [4.78, 5) is 31.7. The topological polar surface area (TPSA) is 115 Å². The number of esters is 1. The van der Waals surface area contributed by atoms with E-state index in [1.165, 1.54) is 25.9 Å². The second kappa shape index (κ2) is 11.6. The number of nitrogen functional groups attached to an aromatic ring is 1. The summed E-state index contributed by atoms with van der Waals surface area (Å²) in [6, 6.07) is 18.8. The van der Waals surface area contributed by atoms with Gasteiger partial charge >= 0.3 is 5.97 Å². The molecule has 0 saturated carbocycles. The van der Waals surface area contributed by atoms with E-state index in [1.54, 1.807) is 67.0 Å². The van der Waals surface area contributed by atoms with Crippen LogP contribution in [0.25, 0.3) is 27.6 Å². The Balaban J connectivity index is 1.84. The minimum atomic E-state index is -0.722. The number of pyridine rings is 2. The second-order valence-corrected chi connectivity index (χ2v) is 9.38. The van der Waals surface area contributed by atoms with E-state index < -0.39 is 11.5 Å². The number of rotatable bonds is 8. The third-order valence-corrected chi connectivity index (χ3v) is 6.92. The molecule has 0 aliphatic rings. The predicted molar refractivity (Wildman–Crippen MR) is 157 cm³/mol. The number of aromatic nitrogens is 2. The molecule has 3 aromatic carbocycles. The van der Waals surface area contributed by atoms with Gasteiger partial charge in [0.15, 0.2) is 0 Å². The molecule has 41 heavy (non-hydrogen) atoms. The van der Waals surface area contributed by atoms with Crippen LogP contribution in [0, 0.1) is 0 Å². The SMILES string of the molecule is COC(=O)c1c(-c2cc(OC)c(Cl)c(OC)c2)c2ccc(OCc3cccnc3)cc2c(=O)n1-c1ccc(N)cc1. The van der Waals surface area contributed by atoms with E-state index in [9.17, 15) is 9.59 Å². The van der Waals surface area contributed by atoms with E-state index in [0.29, 0.717) is 50.5 Å². The molecule has 0 unspecified atom stereocenters. The lowest BCUT2D eigenvalue weighted by Gasteiger charge is -2.20. The molecule has 2 N–H and O–H groups in total. The summed E-state index contributed by atoms with van der Waals surface area (Å²) in [6.45, 7) is 0.254. The zero-order chi connectivity index (χ0) is 29.1. The van der Waals surface area contributed by atoms with Gasteiger partial charge in [-0.05, 0) is 71.6 Å². The molecule has 208 valence electrons. The van der Waals surface area contributed by atoms with Crippen LogP contribution in [0.4, 0.5) is 5.69 Å². The zero-order valence-electron chi connectivity index (χ0n) is 22.5. The number of ether oxygens (including phenoxy) is 4. The van der Waals surface area contributed by atoms with Crippen molar-refractivity contribution in [2.24, 2.45) is 0 Å². The highest BCUT2D eigenvalue weighted by Crippen LogP contribution is 2.42. The third-order valence-electron chi connectivity index (χ3n) is 6.55. The molecule has 5 rings (SSSR count). The third kappa shape index (κ3) is 5.27. The molecule has 0 fully saturated rings. The minimum absolute atomic E-state index is 0.00484. The van der Waals surface area contributed by atoms with Crippen LogP contribution in [0.5, 0.6) is 17.2 Å². The number of anilines is 1. The van der Waals surface area contributed by atoms with Gasteiger partial charge in [0.1, 0.15) is 34.6 Å². The van der Waals surface area contributed by atoms with Crippen LogP contribution < -0.4 is 25.5 Å². The number of hydrogen-bond donors (Lipinski definition) is 1. The number of benzene rings is 3. The number of fused-ring (bicyclic) bond motifs is 1. The highest BCUT2D eigenvalue weighted by Gasteiger charge is 2.27. The fourth-order valence-electron chi connectivity index (χ4n) is 4.59. The molecule has 10 heteroatoms. The maximum atomic E-state index is 14.2. The monoisotopic (exact) mass is 571 g/mol. The number of nitrogens with two attached hydrogens (primary N) is 1. The highest BCUT2D eigenvalue weighted by molar-refractivity contribution is 6.33. The van der Waals surface area contributed by atoms with Gasteiger partial charge in [-0.25, -0.2) is 4.79 Å². The van der Waals surface area contributed by atoms with E-state index >= 15 is 0 Å². The molecule has 2 heterocycles. The molecule has 2 aromatic heterocycles. The van der Waals surface area contributed by atoms with Crippen LogP contribution in [0.3, 0.4) is 0 Å². The Labute approximate surface area is 240 Å². The fourth-order valence-corrected chi connectivity index (χ4v) is 4.85. The molecule has 0 aliphatic carbocycles. The van der Waals surface area contributed by atoms with E-state index in [-0.39, 0.29) is 17.3 Å². The summed E-state index contributed by atoms with van der Waals surface area (Å²) in [5.74, 6) is 0.393. The summed E-state index contributed by atoms with van der Waals surface area (Å²) in [6.07, 6.45) is 3.39. The van der Waals surface area contributed by atoms with Crippen molar-refractivity contribution in [3.8, 4) is 34.1 Å². The predicted octanol–water partition coefficient (Wildman–Crippen LogP) is 5.67. The van der Waals surface area contributed by atoms with Crippen LogP contribution in [0.2, 0.25) is 5.02 Å². The number of nitrogens with zero attached hydrogens (tertiary/aromatic N) is 2. The zero-order valence-corrected chi connectivity index (χ0v) is 23.3. The van der Waals surface area contributed by atoms with Gasteiger partial charge in [-0.15, -0.1) is 0 Å². The lowest BCUT2D eigenvalue weighted by molar-refractivity contribution is 0.0591. The van der Waals surface area contributed by atoms with Crippen LogP contribution >= 0.6 is 11.6 Å². The first-order valence-electron chi connectivity index (χ1n) is 12.5. The Morgan fingerprint density at radius 2 is 1.66 bits per heavy atom. The first-order chi connectivity index (χ1) is 19.9. The number of halogens is 1. The van der Waals surface area contributed by atoms with Crippen LogP contribution in [-0.4, -0.2) is 36.8 Å². The number of hydrogen-bond acceptors (Lipinski definition) is 8. The molecule has 0 aliphatic heterocycles. The number of carbonyl (C=O) groups is 1. The molecule has 0 amide bonds. The highest BCUT2D eigenvalue weighted by atomic mass is 35.5. The van der Waals surface area contributed by atoms with E-state index in [0.717, 1.165) is 5.56 Å². The van der Waals surface area contributed by atoms with Gasteiger partial charge in [-0.2, -0.15) is 0 Å². The molecular weight excluding hydrogens is 546 g/mol. The smallest absolute Gasteiger partial charge is 0.355 e. The van der Waals surface area contributed by atoms with Crippen molar-refractivity contribution >= 4 is 34.0 Å². The summed E-state index contributed by atoms with van der Waals surface area (Å²) >= 11 is 6.46. The largest absolute Gasteiger partial charge is 0.495 e. The van der Waals surface area contributed by atoms with E-state index in [1.807, 2.05) is 12.1 Å². The van der Waals surface area contributed by atoms with E-state index in [2.05, 4.69) is 4.98 Å². The maximum Gasteiger partial charge on any atom is 0.355 e. The van der Waals surface area contributed by atoms with Crippen molar-refractivity contribution in [1.82, 2.24) is 9.55 Å². The van der Waals surface area contributed by atoms with E-state index in [4.69, 9.17) is 36.3 Å². The summed E-state index contributed by atoms with van der Waals surface area (Å²) in [7, 11) is 4.21. The standard InChI is InChI=1S/C31H26ClN3O6/c1-38-25-13-19(14-26(39-2)28(25)32)27-23-11-10-22(41-17-18-5-4-12-34-16-18)15-24(23)30(36)35(29(27)31(37)40-3)21-8-6-20(33)7-9-21/h4-16H,17,33H2,1-3H3. The summed E-state index contributed by atoms with van der Waals surface area (Å²) in [5.41, 5.74) is 8.19. The van der Waals surface area contributed by atoms with Gasteiger partial charge in [0.05, 0.1) is 26.7 Å². The summed E-state index contributed by atoms with van der Waals surface area (Å²) in [5, 5.41) is 1.06. The van der Waals surface area contributed by atoms with Crippen molar-refractivity contribution in [2.75, 3.05) is 27.1 Å². The molecule has 0 spiro atoms. The van der Waals surface area contributed by atoms with Gasteiger partial charge < -0.3 is 24.7 Å². The minimum Gasteiger partial charge on any atom is -0.495 e. The summed E-state index contributed by atoms with van der Waals surface area (Å²) < 4.78 is 23.5. The first-order valence-corrected chi connectivity index (χ1v) is 12.8. The van der Waals surface area contributed by atoms with Gasteiger partial charge in [0, 0.05) is 34.9 Å². The number of carbonyl (C=O) groups excluding carboxylic acids is 1. The van der Waals surface area contributed by atoms with Crippen LogP contribution in [-0.2, 0) is 11.3 Å². The van der Waals surface area contributed by atoms with Crippen LogP contribution in [0.15, 0.2) is 83.9 Å². The molecular formula is C31H26ClN3O6. The van der Waals surface area contributed by atoms with Gasteiger partial charge in [-0.3, -0.25) is 14.3 Å². The average Bonchev–Trinajstić information content (AvgIpc) is 3.01. The van der Waals surface area contributed by atoms with Crippen molar-refractivity contribution in [3.05, 3.63) is 106 Å². The Kier molecular flexibility index (Phi) is 7.80. The van der Waals surface area contributed by atoms with Crippen LogP contribution in [0.1, 0.15) is 16.1 Å². The lowest BCUT2D eigenvalue weighted by Crippen LogP contribution is -2.27. The molecule has 5 aromatic rings. The Bertz CT molecular complexity index is 1780. The maximum absolute atomic E-state index is 14.2. The Morgan fingerprint density at radius 1 is 0.951 bits per heavy atom. The molecule has 0 bridgehead atoms. The van der Waals surface area contributed by atoms with Crippen molar-refractivity contribution < 1.29 is 23.7 Å². The second-order valence-electron chi connectivity index (χ2n) is 9.00. The van der Waals surface area contributed by atoms with Gasteiger partial charge in [0.25, 0.3) is 5.56 Å².